The van der Waals surface area contributed by atoms with Crippen LogP contribution in [0.3, 0.4) is 0 Å². The highest BCUT2D eigenvalue weighted by Crippen LogP contribution is 2.12. The van der Waals surface area contributed by atoms with E-state index in [1.807, 2.05) is 19.9 Å². The predicted octanol–water partition coefficient (Wildman–Crippen LogP) is 3.84. The van der Waals surface area contributed by atoms with Gasteiger partial charge in [0.1, 0.15) is 11.7 Å². The molecule has 0 aliphatic heterocycles. The van der Waals surface area contributed by atoms with Gasteiger partial charge in [-0.1, -0.05) is 60.1 Å². The molecule has 2 aromatic carbocycles. The van der Waals surface area contributed by atoms with E-state index in [-0.39, 0.29) is 18.0 Å². The molecule has 0 aromatic heterocycles. The van der Waals surface area contributed by atoms with Crippen LogP contribution < -0.4 is 10.6 Å². The highest BCUT2D eigenvalue weighted by molar-refractivity contribution is 9.10. The van der Waals surface area contributed by atoms with Gasteiger partial charge in [0, 0.05) is 10.0 Å². The maximum absolute atomic E-state index is 12.8. The first-order chi connectivity index (χ1) is 13.8. The molecule has 6 nitrogen and oxygen atoms in total. The lowest BCUT2D eigenvalue weighted by Gasteiger charge is -2.18. The normalized spacial score (nSPS) is 12.3. The average Bonchev–Trinajstić information content (AvgIpc) is 2.67. The minimum atomic E-state index is -1.12. The van der Waals surface area contributed by atoms with Gasteiger partial charge in [-0.3, -0.25) is 9.59 Å². The molecule has 7 heteroatoms. The summed E-state index contributed by atoms with van der Waals surface area (Å²) in [6.45, 7) is 3.75. The second-order valence-corrected chi connectivity index (χ2v) is 7.84. The topological polar surface area (TPSA) is 95.5 Å². The van der Waals surface area contributed by atoms with Crippen LogP contribution >= 0.6 is 15.9 Å². The summed E-state index contributed by atoms with van der Waals surface area (Å²) in [4.78, 5) is 36.9. The highest BCUT2D eigenvalue weighted by atomic mass is 79.9. The molecule has 0 heterocycles. The first kappa shape index (κ1) is 22.4. The summed E-state index contributed by atoms with van der Waals surface area (Å²) < 4.78 is 0.824. The lowest BCUT2D eigenvalue weighted by atomic mass is 10.0. The first-order valence-electron chi connectivity index (χ1n) is 9.13. The van der Waals surface area contributed by atoms with Crippen molar-refractivity contribution in [3.63, 3.8) is 0 Å². The quantitative estimate of drug-likeness (QED) is 0.523. The third-order valence-corrected chi connectivity index (χ3v) is 4.55. The molecule has 0 unspecified atom stereocenters. The number of rotatable bonds is 8. The summed E-state index contributed by atoms with van der Waals surface area (Å²) in [7, 11) is 0. The van der Waals surface area contributed by atoms with Gasteiger partial charge in [0.25, 0.3) is 11.8 Å². The maximum atomic E-state index is 12.8. The van der Waals surface area contributed by atoms with Gasteiger partial charge in [-0.2, -0.15) is 0 Å². The predicted molar refractivity (Wildman–Crippen MR) is 115 cm³/mol. The molecule has 3 N–H and O–H groups in total. The molecule has 2 amide bonds. The van der Waals surface area contributed by atoms with E-state index >= 15 is 0 Å². The number of amides is 2. The monoisotopic (exact) mass is 458 g/mol. The van der Waals surface area contributed by atoms with Crippen LogP contribution in [0.1, 0.15) is 36.2 Å². The Labute approximate surface area is 178 Å². The van der Waals surface area contributed by atoms with E-state index in [1.165, 1.54) is 6.08 Å². The van der Waals surface area contributed by atoms with E-state index in [9.17, 15) is 19.5 Å². The second kappa shape index (κ2) is 10.6. The summed E-state index contributed by atoms with van der Waals surface area (Å²) in [5, 5.41) is 14.5. The minimum Gasteiger partial charge on any atom is -0.480 e. The summed E-state index contributed by atoms with van der Waals surface area (Å²) in [5.74, 6) is -2.17. The van der Waals surface area contributed by atoms with Crippen molar-refractivity contribution in [2.45, 2.75) is 26.3 Å². The average molecular weight is 459 g/mol. The number of hydrogen-bond donors (Lipinski definition) is 3. The Morgan fingerprint density at radius 2 is 1.66 bits per heavy atom. The van der Waals surface area contributed by atoms with Crippen LogP contribution in [-0.2, 0) is 9.59 Å². The zero-order valence-corrected chi connectivity index (χ0v) is 17.8. The van der Waals surface area contributed by atoms with Crippen molar-refractivity contribution in [2.24, 2.45) is 5.92 Å². The number of carbonyl (C=O) groups is 3. The van der Waals surface area contributed by atoms with Crippen molar-refractivity contribution in [1.29, 1.82) is 0 Å². The summed E-state index contributed by atoms with van der Waals surface area (Å²) in [6.07, 6.45) is 1.79. The molecule has 29 heavy (non-hydrogen) atoms. The number of hydrogen-bond acceptors (Lipinski definition) is 3. The van der Waals surface area contributed by atoms with Crippen molar-refractivity contribution in [3.8, 4) is 0 Å². The SMILES string of the molecule is CC(C)C[C@H](NC(=O)/C(=C/c1ccccc1)NC(=O)c1ccc(Br)cc1)C(=O)O. The Hall–Kier alpha value is -2.93. The van der Waals surface area contributed by atoms with E-state index in [1.54, 1.807) is 48.5 Å². The van der Waals surface area contributed by atoms with Gasteiger partial charge in [0.2, 0.25) is 0 Å². The Bertz CT molecular complexity index is 893. The summed E-state index contributed by atoms with van der Waals surface area (Å²) in [5.41, 5.74) is 1.04. The smallest absolute Gasteiger partial charge is 0.326 e. The third-order valence-electron chi connectivity index (χ3n) is 4.02. The van der Waals surface area contributed by atoms with Crippen molar-refractivity contribution >= 4 is 39.8 Å². The van der Waals surface area contributed by atoms with Crippen molar-refractivity contribution in [2.75, 3.05) is 0 Å². The molecule has 0 aliphatic carbocycles. The van der Waals surface area contributed by atoms with Crippen LogP contribution in [0.2, 0.25) is 0 Å². The number of halogens is 1. The summed E-state index contributed by atoms with van der Waals surface area (Å²) >= 11 is 3.31. The van der Waals surface area contributed by atoms with Crippen LogP contribution in [-0.4, -0.2) is 28.9 Å². The lowest BCUT2D eigenvalue weighted by molar-refractivity contribution is -0.141. The fraction of sp³-hybridized carbons (Fsp3) is 0.227. The van der Waals surface area contributed by atoms with E-state index in [0.29, 0.717) is 11.1 Å². The molecular weight excluding hydrogens is 436 g/mol. The number of aliphatic carboxylic acids is 1. The molecule has 0 saturated heterocycles. The number of carboxylic acid groups (broad SMARTS) is 1. The van der Waals surface area contributed by atoms with Gasteiger partial charge in [-0.05, 0) is 48.2 Å². The Kier molecular flexibility index (Phi) is 8.15. The zero-order chi connectivity index (χ0) is 21.4. The lowest BCUT2D eigenvalue weighted by Crippen LogP contribution is -2.45. The van der Waals surface area contributed by atoms with Gasteiger partial charge in [-0.25, -0.2) is 4.79 Å². The highest BCUT2D eigenvalue weighted by Gasteiger charge is 2.24. The number of benzene rings is 2. The van der Waals surface area contributed by atoms with Crippen LogP contribution in [0.15, 0.2) is 64.8 Å². The Morgan fingerprint density at radius 1 is 1.03 bits per heavy atom. The number of nitrogens with one attached hydrogen (secondary N) is 2. The Morgan fingerprint density at radius 3 is 2.21 bits per heavy atom. The van der Waals surface area contributed by atoms with E-state index < -0.39 is 23.8 Å². The van der Waals surface area contributed by atoms with Crippen molar-refractivity contribution in [1.82, 2.24) is 10.6 Å². The van der Waals surface area contributed by atoms with Gasteiger partial charge >= 0.3 is 5.97 Å². The number of carboxylic acids is 1. The van der Waals surface area contributed by atoms with Crippen LogP contribution in [0.4, 0.5) is 0 Å². The molecule has 0 fully saturated rings. The number of carbonyl (C=O) groups excluding carboxylic acids is 2. The largest absolute Gasteiger partial charge is 0.480 e. The van der Waals surface area contributed by atoms with E-state index in [4.69, 9.17) is 0 Å². The van der Waals surface area contributed by atoms with Gasteiger partial charge in [-0.15, -0.1) is 0 Å². The maximum Gasteiger partial charge on any atom is 0.326 e. The van der Waals surface area contributed by atoms with Gasteiger partial charge < -0.3 is 15.7 Å². The third kappa shape index (κ3) is 7.19. The molecule has 2 rings (SSSR count). The molecule has 0 aliphatic rings. The van der Waals surface area contributed by atoms with Crippen LogP contribution in [0.25, 0.3) is 6.08 Å². The second-order valence-electron chi connectivity index (χ2n) is 6.92. The van der Waals surface area contributed by atoms with E-state index in [2.05, 4.69) is 26.6 Å². The molecular formula is C22H23BrN2O4. The first-order valence-corrected chi connectivity index (χ1v) is 9.93. The molecule has 152 valence electrons. The standard InChI is InChI=1S/C22H23BrN2O4/c1-14(2)12-19(22(28)29)25-21(27)18(13-15-6-4-3-5-7-15)24-20(26)16-8-10-17(23)11-9-16/h3-11,13-14,19H,12H2,1-2H3,(H,24,26)(H,25,27)(H,28,29)/b18-13-/t19-/m0/s1. The van der Waals surface area contributed by atoms with Gasteiger partial charge in [0.05, 0.1) is 0 Å². The zero-order valence-electron chi connectivity index (χ0n) is 16.2. The van der Waals surface area contributed by atoms with Crippen molar-refractivity contribution in [3.05, 3.63) is 75.9 Å². The molecule has 2 aromatic rings. The molecule has 1 atom stereocenters. The van der Waals surface area contributed by atoms with Crippen LogP contribution in [0.5, 0.6) is 0 Å². The van der Waals surface area contributed by atoms with Crippen LogP contribution in [0, 0.1) is 5.92 Å². The fourth-order valence-corrected chi connectivity index (χ4v) is 2.86. The minimum absolute atomic E-state index is 0.0286. The fourth-order valence-electron chi connectivity index (χ4n) is 2.60. The molecule has 0 radical (unpaired) electrons. The van der Waals surface area contributed by atoms with E-state index in [0.717, 1.165) is 4.47 Å². The molecule has 0 saturated carbocycles. The van der Waals surface area contributed by atoms with Crippen molar-refractivity contribution < 1.29 is 19.5 Å². The van der Waals surface area contributed by atoms with Gasteiger partial charge in [0.15, 0.2) is 0 Å². The Balaban J connectivity index is 2.28. The molecule has 0 bridgehead atoms. The summed E-state index contributed by atoms with van der Waals surface area (Å²) in [6, 6.07) is 14.6. The molecule has 0 spiro atoms.